The van der Waals surface area contributed by atoms with Gasteiger partial charge in [0.25, 0.3) is 0 Å². The van der Waals surface area contributed by atoms with Crippen molar-refractivity contribution in [3.63, 3.8) is 0 Å². The molecule has 5 heteroatoms. The van der Waals surface area contributed by atoms with Crippen molar-refractivity contribution in [1.29, 1.82) is 0 Å². The minimum absolute atomic E-state index is 0.0251. The largest absolute Gasteiger partial charge is 0.331 e. The molecule has 2 N–H and O–H groups in total. The predicted octanol–water partition coefficient (Wildman–Crippen LogP) is 4.41. The van der Waals surface area contributed by atoms with Crippen LogP contribution in [0.2, 0.25) is 0 Å². The minimum Gasteiger partial charge on any atom is -0.331 e. The number of anilines is 1. The van der Waals surface area contributed by atoms with Crippen LogP contribution in [0.3, 0.4) is 0 Å². The first-order valence-corrected chi connectivity index (χ1v) is 9.99. The van der Waals surface area contributed by atoms with E-state index in [9.17, 15) is 9.59 Å². The van der Waals surface area contributed by atoms with Gasteiger partial charge in [-0.25, -0.2) is 4.79 Å². The smallest absolute Gasteiger partial charge is 0.318 e. The molecular weight excluding hydrogens is 350 g/mol. The number of nitrogens with one attached hydrogen (secondary N) is 2. The molecule has 4 rings (SSSR count). The van der Waals surface area contributed by atoms with E-state index in [0.717, 1.165) is 36.2 Å². The molecule has 0 unspecified atom stereocenters. The molecule has 2 aliphatic rings. The Morgan fingerprint density at radius 3 is 2.79 bits per heavy atom. The van der Waals surface area contributed by atoms with Crippen molar-refractivity contribution in [2.45, 2.75) is 52.1 Å². The Morgan fingerprint density at radius 1 is 1.18 bits per heavy atom. The van der Waals surface area contributed by atoms with Crippen molar-refractivity contribution in [1.82, 2.24) is 10.2 Å². The number of carbonyl (C=O) groups is 2. The van der Waals surface area contributed by atoms with E-state index in [0.29, 0.717) is 6.42 Å². The Balaban J connectivity index is 1.47. The zero-order chi connectivity index (χ0) is 19.8. The lowest BCUT2D eigenvalue weighted by Crippen LogP contribution is -2.40. The maximum atomic E-state index is 13.0. The second-order valence-electron chi connectivity index (χ2n) is 8.01. The molecule has 0 radical (unpaired) electrons. The Hall–Kier alpha value is -2.82. The maximum absolute atomic E-state index is 13.0. The summed E-state index contributed by atoms with van der Waals surface area (Å²) in [6.45, 7) is 7.00. The summed E-state index contributed by atoms with van der Waals surface area (Å²) < 4.78 is 0. The number of fused-ring (bicyclic) bond motifs is 1. The van der Waals surface area contributed by atoms with Crippen molar-refractivity contribution in [3.8, 4) is 0 Å². The van der Waals surface area contributed by atoms with E-state index in [1.165, 1.54) is 16.7 Å². The molecule has 0 aromatic heterocycles. The average Bonchev–Trinajstić information content (AvgIpc) is 3.28. The summed E-state index contributed by atoms with van der Waals surface area (Å²) in [6, 6.07) is 12.4. The molecule has 1 fully saturated rings. The van der Waals surface area contributed by atoms with Gasteiger partial charge in [-0.05, 0) is 67.5 Å². The normalized spacial score (nSPS) is 19.3. The molecule has 2 aromatic carbocycles. The predicted molar refractivity (Wildman–Crippen MR) is 110 cm³/mol. The third-order valence-electron chi connectivity index (χ3n) is 6.02. The molecule has 28 heavy (non-hydrogen) atoms. The minimum atomic E-state index is -0.116. The van der Waals surface area contributed by atoms with Gasteiger partial charge in [0.15, 0.2) is 0 Å². The molecule has 1 saturated heterocycles. The zero-order valence-corrected chi connectivity index (χ0v) is 16.7. The van der Waals surface area contributed by atoms with Gasteiger partial charge in [-0.3, -0.25) is 4.79 Å². The molecule has 2 aliphatic heterocycles. The van der Waals surface area contributed by atoms with E-state index in [2.05, 4.69) is 42.7 Å². The highest BCUT2D eigenvalue weighted by atomic mass is 16.2. The van der Waals surface area contributed by atoms with Crippen LogP contribution < -0.4 is 10.6 Å². The van der Waals surface area contributed by atoms with Crippen LogP contribution in [0.4, 0.5) is 10.5 Å². The van der Waals surface area contributed by atoms with E-state index < -0.39 is 0 Å². The Labute approximate surface area is 166 Å². The van der Waals surface area contributed by atoms with E-state index in [-0.39, 0.29) is 24.0 Å². The summed E-state index contributed by atoms with van der Waals surface area (Å²) in [5.74, 6) is 0.0251. The lowest BCUT2D eigenvalue weighted by atomic mass is 9.99. The molecule has 3 amide bonds. The van der Waals surface area contributed by atoms with Crippen LogP contribution in [0, 0.1) is 13.8 Å². The standard InChI is InChI=1S/C23H27N3O2/c1-14-6-7-18(11-15(14)2)21-5-4-10-26(21)23(28)24-16(3)17-8-9-20-19(12-17)13-22(27)25-20/h6-9,11-12,16,21H,4-5,10,13H2,1-3H3,(H,24,28)(H,25,27)/t16-,21-/m1/s1. The molecule has 0 bridgehead atoms. The second kappa shape index (κ2) is 7.30. The van der Waals surface area contributed by atoms with Crippen LogP contribution in [0.15, 0.2) is 36.4 Å². The monoisotopic (exact) mass is 377 g/mol. The maximum Gasteiger partial charge on any atom is 0.318 e. The van der Waals surface area contributed by atoms with Gasteiger partial charge in [0.05, 0.1) is 18.5 Å². The SMILES string of the molecule is Cc1ccc([C@H]2CCCN2C(=O)N[C@H](C)c2ccc3c(c2)CC(=O)N3)cc1C. The number of urea groups is 1. The number of rotatable bonds is 3. The number of carbonyl (C=O) groups excluding carboxylic acids is 2. The second-order valence-corrected chi connectivity index (χ2v) is 8.01. The van der Waals surface area contributed by atoms with Crippen molar-refractivity contribution in [2.75, 3.05) is 11.9 Å². The van der Waals surface area contributed by atoms with Crippen LogP contribution in [0.5, 0.6) is 0 Å². The van der Waals surface area contributed by atoms with Crippen molar-refractivity contribution in [3.05, 3.63) is 64.2 Å². The van der Waals surface area contributed by atoms with Crippen molar-refractivity contribution < 1.29 is 9.59 Å². The first kappa shape index (κ1) is 18.5. The molecule has 2 aromatic rings. The highest BCUT2D eigenvalue weighted by Gasteiger charge is 2.31. The first-order valence-electron chi connectivity index (χ1n) is 9.99. The van der Waals surface area contributed by atoms with E-state index in [1.807, 2.05) is 30.0 Å². The van der Waals surface area contributed by atoms with Gasteiger partial charge in [0.1, 0.15) is 0 Å². The van der Waals surface area contributed by atoms with Gasteiger partial charge >= 0.3 is 6.03 Å². The molecule has 0 saturated carbocycles. The molecular formula is C23H27N3O2. The average molecular weight is 377 g/mol. The summed E-state index contributed by atoms with van der Waals surface area (Å²) in [5, 5.41) is 5.99. The van der Waals surface area contributed by atoms with Gasteiger partial charge < -0.3 is 15.5 Å². The number of aryl methyl sites for hydroxylation is 2. The van der Waals surface area contributed by atoms with Gasteiger partial charge in [-0.15, -0.1) is 0 Å². The van der Waals surface area contributed by atoms with Gasteiger partial charge in [0, 0.05) is 12.2 Å². The number of hydrogen-bond donors (Lipinski definition) is 2. The molecule has 146 valence electrons. The third-order valence-corrected chi connectivity index (χ3v) is 6.02. The summed E-state index contributed by atoms with van der Waals surface area (Å²) in [5.41, 5.74) is 6.64. The zero-order valence-electron chi connectivity index (χ0n) is 16.7. The molecule has 2 atom stereocenters. The van der Waals surface area contributed by atoms with Crippen LogP contribution in [-0.2, 0) is 11.2 Å². The molecule has 0 aliphatic carbocycles. The van der Waals surface area contributed by atoms with Crippen molar-refractivity contribution in [2.24, 2.45) is 0 Å². The number of nitrogens with zero attached hydrogens (tertiary/aromatic N) is 1. The quantitative estimate of drug-likeness (QED) is 0.832. The van der Waals surface area contributed by atoms with Gasteiger partial charge in [-0.2, -0.15) is 0 Å². The molecule has 5 nitrogen and oxygen atoms in total. The Kier molecular flexibility index (Phi) is 4.84. The van der Waals surface area contributed by atoms with Crippen molar-refractivity contribution >= 4 is 17.6 Å². The topological polar surface area (TPSA) is 61.4 Å². The Morgan fingerprint density at radius 2 is 2.00 bits per heavy atom. The summed E-state index contributed by atoms with van der Waals surface area (Å²) in [7, 11) is 0. The summed E-state index contributed by atoms with van der Waals surface area (Å²) >= 11 is 0. The highest BCUT2D eigenvalue weighted by molar-refractivity contribution is 5.99. The fraction of sp³-hybridized carbons (Fsp3) is 0.391. The number of hydrogen-bond acceptors (Lipinski definition) is 2. The fourth-order valence-corrected chi connectivity index (χ4v) is 4.20. The fourth-order valence-electron chi connectivity index (χ4n) is 4.20. The van der Waals surface area contributed by atoms with Crippen LogP contribution in [0.25, 0.3) is 0 Å². The molecule has 0 spiro atoms. The van der Waals surface area contributed by atoms with Crippen LogP contribution >= 0.6 is 0 Å². The number of benzene rings is 2. The lowest BCUT2D eigenvalue weighted by molar-refractivity contribution is -0.115. The number of likely N-dealkylation sites (tertiary alicyclic amines) is 1. The molecule has 2 heterocycles. The van der Waals surface area contributed by atoms with Gasteiger partial charge in [0.2, 0.25) is 5.91 Å². The lowest BCUT2D eigenvalue weighted by Gasteiger charge is -2.28. The van der Waals surface area contributed by atoms with E-state index in [1.54, 1.807) is 0 Å². The summed E-state index contributed by atoms with van der Waals surface area (Å²) in [6.07, 6.45) is 2.42. The number of amides is 3. The van der Waals surface area contributed by atoms with Crippen LogP contribution in [0.1, 0.15) is 59.7 Å². The summed E-state index contributed by atoms with van der Waals surface area (Å²) in [4.78, 5) is 26.5. The van der Waals surface area contributed by atoms with Crippen LogP contribution in [-0.4, -0.2) is 23.4 Å². The third kappa shape index (κ3) is 3.49. The van der Waals surface area contributed by atoms with Gasteiger partial charge in [-0.1, -0.05) is 30.3 Å². The first-order chi connectivity index (χ1) is 13.4. The Bertz CT molecular complexity index is 937. The van der Waals surface area contributed by atoms with E-state index >= 15 is 0 Å². The highest BCUT2D eigenvalue weighted by Crippen LogP contribution is 2.33. The van der Waals surface area contributed by atoms with E-state index in [4.69, 9.17) is 0 Å².